The molecule has 0 fully saturated rings. The van der Waals surface area contributed by atoms with Crippen LogP contribution in [-0.4, -0.2) is 15.1 Å². The smallest absolute Gasteiger partial charge is 0.168 e. The maximum Gasteiger partial charge on any atom is 0.168 e. The molecule has 0 unspecified atom stereocenters. The van der Waals surface area contributed by atoms with Crippen LogP contribution in [0.25, 0.3) is 11.3 Å². The highest BCUT2D eigenvalue weighted by Gasteiger charge is 2.10. The first-order chi connectivity index (χ1) is 12.8. The van der Waals surface area contributed by atoms with Crippen LogP contribution in [0.2, 0.25) is 0 Å². The molecule has 0 saturated heterocycles. The van der Waals surface area contributed by atoms with Crippen molar-refractivity contribution in [3.05, 3.63) is 101 Å². The van der Waals surface area contributed by atoms with Gasteiger partial charge in [-0.3, -0.25) is 9.97 Å². The van der Waals surface area contributed by atoms with E-state index < -0.39 is 0 Å². The van der Waals surface area contributed by atoms with Crippen LogP contribution < -0.4 is 0 Å². The maximum absolute atomic E-state index is 5.51. The fourth-order valence-electron chi connectivity index (χ4n) is 2.99. The zero-order chi connectivity index (χ0) is 17.8. The first kappa shape index (κ1) is 16.2. The molecule has 0 aliphatic rings. The molecule has 3 aromatic heterocycles. The van der Waals surface area contributed by atoms with Crippen molar-refractivity contribution in [2.24, 2.45) is 0 Å². The number of hydrogen-bond acceptors (Lipinski definition) is 4. The molecule has 128 valence electrons. The molecule has 4 aromatic rings. The van der Waals surface area contributed by atoms with Crippen molar-refractivity contribution < 1.29 is 4.52 Å². The summed E-state index contributed by atoms with van der Waals surface area (Å²) in [6.07, 6.45) is 7.12. The van der Waals surface area contributed by atoms with Crippen molar-refractivity contribution in [2.75, 3.05) is 0 Å². The van der Waals surface area contributed by atoms with Crippen LogP contribution in [0.3, 0.4) is 0 Å². The number of aryl methyl sites for hydroxylation is 1. The summed E-state index contributed by atoms with van der Waals surface area (Å²) in [6.45, 7) is 1.97. The van der Waals surface area contributed by atoms with Crippen LogP contribution in [0.4, 0.5) is 0 Å². The quantitative estimate of drug-likeness (QED) is 0.531. The molecule has 0 aliphatic heterocycles. The third-order valence-electron chi connectivity index (χ3n) is 4.37. The Hall–Kier alpha value is -3.27. The molecule has 0 N–H and O–H groups in total. The highest BCUT2D eigenvalue weighted by atomic mass is 16.5. The third kappa shape index (κ3) is 3.70. The van der Waals surface area contributed by atoms with Crippen molar-refractivity contribution in [2.45, 2.75) is 19.8 Å². The Morgan fingerprint density at radius 2 is 1.62 bits per heavy atom. The second-order valence-electron chi connectivity index (χ2n) is 6.35. The average Bonchev–Trinajstić information content (AvgIpc) is 3.13. The van der Waals surface area contributed by atoms with E-state index in [0.717, 1.165) is 35.6 Å². The van der Waals surface area contributed by atoms with Gasteiger partial charge in [-0.15, -0.1) is 0 Å². The van der Waals surface area contributed by atoms with E-state index in [9.17, 15) is 0 Å². The molecular formula is C22H19N3O. The highest BCUT2D eigenvalue weighted by Crippen LogP contribution is 2.23. The average molecular weight is 341 g/mol. The normalized spacial score (nSPS) is 10.8. The maximum atomic E-state index is 5.51. The monoisotopic (exact) mass is 341 g/mol. The minimum Gasteiger partial charge on any atom is -0.356 e. The molecule has 0 saturated carbocycles. The van der Waals surface area contributed by atoms with Gasteiger partial charge in [-0.05, 0) is 48.2 Å². The van der Waals surface area contributed by atoms with Gasteiger partial charge in [0.1, 0.15) is 0 Å². The minimum absolute atomic E-state index is 0.746. The lowest BCUT2D eigenvalue weighted by Gasteiger charge is -2.03. The summed E-state index contributed by atoms with van der Waals surface area (Å²) < 4.78 is 5.51. The van der Waals surface area contributed by atoms with Crippen molar-refractivity contribution >= 4 is 0 Å². The Labute approximate surface area is 152 Å². The molecule has 4 rings (SSSR count). The Bertz CT molecular complexity index is 991. The zero-order valence-electron chi connectivity index (χ0n) is 14.6. The lowest BCUT2D eigenvalue weighted by molar-refractivity contribution is 0.425. The van der Waals surface area contributed by atoms with E-state index in [4.69, 9.17) is 4.52 Å². The summed E-state index contributed by atoms with van der Waals surface area (Å²) in [4.78, 5) is 8.47. The molecule has 4 heteroatoms. The number of nitrogens with zero attached hydrogens (tertiary/aromatic N) is 3. The first-order valence-corrected chi connectivity index (χ1v) is 8.62. The molecule has 0 radical (unpaired) electrons. The van der Waals surface area contributed by atoms with Crippen molar-refractivity contribution in [1.29, 1.82) is 0 Å². The molecule has 0 spiro atoms. The number of rotatable bonds is 5. The van der Waals surface area contributed by atoms with Crippen molar-refractivity contribution in [3.8, 4) is 11.3 Å². The molecule has 0 aliphatic carbocycles. The van der Waals surface area contributed by atoms with Gasteiger partial charge in [0.25, 0.3) is 0 Å². The zero-order valence-corrected chi connectivity index (χ0v) is 14.6. The number of aromatic nitrogens is 3. The third-order valence-corrected chi connectivity index (χ3v) is 4.37. The first-order valence-electron chi connectivity index (χ1n) is 8.62. The fraction of sp³-hybridized carbons (Fsp3) is 0.136. The molecule has 1 aromatic carbocycles. The molecule has 0 amide bonds. The van der Waals surface area contributed by atoms with Gasteiger partial charge < -0.3 is 4.52 Å². The Morgan fingerprint density at radius 3 is 2.35 bits per heavy atom. The predicted octanol–water partition coefficient (Wildman–Crippen LogP) is 4.62. The van der Waals surface area contributed by atoms with Gasteiger partial charge >= 0.3 is 0 Å². The summed E-state index contributed by atoms with van der Waals surface area (Å²) in [5.74, 6) is 0.763. The van der Waals surface area contributed by atoms with Crippen LogP contribution in [0, 0.1) is 6.92 Å². The molecule has 3 heterocycles. The molecular weight excluding hydrogens is 322 g/mol. The van der Waals surface area contributed by atoms with Crippen molar-refractivity contribution in [3.63, 3.8) is 0 Å². The summed E-state index contributed by atoms with van der Waals surface area (Å²) >= 11 is 0. The van der Waals surface area contributed by atoms with Crippen LogP contribution in [-0.2, 0) is 12.8 Å². The Kier molecular flexibility index (Phi) is 4.56. The number of benzene rings is 1. The van der Waals surface area contributed by atoms with E-state index >= 15 is 0 Å². The van der Waals surface area contributed by atoms with E-state index in [0.29, 0.717) is 0 Å². The summed E-state index contributed by atoms with van der Waals surface area (Å²) in [5.41, 5.74) is 6.54. The standard InChI is InChI=1S/C22H19N3O/c1-16-21(5-3-11-24-16)22-14-20(25-26-22)13-18-8-6-17(7-9-18)12-19-4-2-10-23-15-19/h2-11,14-15H,12-13H2,1H3. The predicted molar refractivity (Wildman–Crippen MR) is 101 cm³/mol. The van der Waals surface area contributed by atoms with E-state index in [2.05, 4.69) is 45.5 Å². The summed E-state index contributed by atoms with van der Waals surface area (Å²) in [6, 6.07) is 18.6. The van der Waals surface area contributed by atoms with E-state index in [1.807, 2.05) is 37.4 Å². The Morgan fingerprint density at radius 1 is 0.846 bits per heavy atom. The Balaban J connectivity index is 1.46. The van der Waals surface area contributed by atoms with Crippen LogP contribution in [0.1, 0.15) is 28.1 Å². The topological polar surface area (TPSA) is 51.8 Å². The SMILES string of the molecule is Cc1ncccc1-c1cc(Cc2ccc(Cc3cccnc3)cc2)no1. The molecule has 26 heavy (non-hydrogen) atoms. The second kappa shape index (κ2) is 7.31. The molecule has 0 bridgehead atoms. The van der Waals surface area contributed by atoms with Gasteiger partial charge in [-0.1, -0.05) is 35.5 Å². The second-order valence-corrected chi connectivity index (χ2v) is 6.35. The van der Waals surface area contributed by atoms with Gasteiger partial charge in [-0.25, -0.2) is 0 Å². The van der Waals surface area contributed by atoms with E-state index in [1.54, 1.807) is 12.4 Å². The van der Waals surface area contributed by atoms with Crippen molar-refractivity contribution in [1.82, 2.24) is 15.1 Å². The molecule has 0 atom stereocenters. The van der Waals surface area contributed by atoms with E-state index in [-0.39, 0.29) is 0 Å². The van der Waals surface area contributed by atoms with Gasteiger partial charge in [0.05, 0.1) is 5.69 Å². The molecule has 4 nitrogen and oxygen atoms in total. The lowest BCUT2D eigenvalue weighted by atomic mass is 10.0. The summed E-state index contributed by atoms with van der Waals surface area (Å²) in [5, 5.41) is 4.21. The largest absolute Gasteiger partial charge is 0.356 e. The van der Waals surface area contributed by atoms with E-state index in [1.165, 1.54) is 16.7 Å². The highest BCUT2D eigenvalue weighted by molar-refractivity contribution is 5.59. The fourth-order valence-corrected chi connectivity index (χ4v) is 2.99. The van der Waals surface area contributed by atoms with Gasteiger partial charge in [0.15, 0.2) is 5.76 Å². The van der Waals surface area contributed by atoms with Crippen LogP contribution >= 0.6 is 0 Å². The minimum atomic E-state index is 0.746. The summed E-state index contributed by atoms with van der Waals surface area (Å²) in [7, 11) is 0. The van der Waals surface area contributed by atoms with Crippen LogP contribution in [0.15, 0.2) is 77.7 Å². The number of pyridine rings is 2. The van der Waals surface area contributed by atoms with Crippen LogP contribution in [0.5, 0.6) is 0 Å². The number of hydrogen-bond donors (Lipinski definition) is 0. The van der Waals surface area contributed by atoms with Gasteiger partial charge in [0.2, 0.25) is 0 Å². The lowest BCUT2D eigenvalue weighted by Crippen LogP contribution is -1.91. The van der Waals surface area contributed by atoms with Gasteiger partial charge in [-0.2, -0.15) is 0 Å². The van der Waals surface area contributed by atoms with Gasteiger partial charge in [0, 0.05) is 42.3 Å².